The van der Waals surface area contributed by atoms with Gasteiger partial charge in [0.05, 0.1) is 17.4 Å². The average molecular weight is 340 g/mol. The van der Waals surface area contributed by atoms with E-state index in [1.165, 1.54) is 19.2 Å². The first-order valence-corrected chi connectivity index (χ1v) is 8.77. The highest BCUT2D eigenvalue weighted by Gasteiger charge is 2.15. The Bertz CT molecular complexity index is 687. The Morgan fingerprint density at radius 3 is 2.32 bits per heavy atom. The zero-order valence-electron chi connectivity index (χ0n) is 12.2. The van der Waals surface area contributed by atoms with Crippen LogP contribution in [0.25, 0.3) is 0 Å². The van der Waals surface area contributed by atoms with E-state index in [0.29, 0.717) is 12.2 Å². The fourth-order valence-corrected chi connectivity index (χ4v) is 3.29. The molecule has 2 rings (SSSR count). The highest BCUT2D eigenvalue weighted by molar-refractivity contribution is 7.89. The monoisotopic (exact) mass is 339 g/mol. The predicted octanol–water partition coefficient (Wildman–Crippen LogP) is 3.34. The van der Waals surface area contributed by atoms with Crippen LogP contribution in [0.4, 0.5) is 0 Å². The van der Waals surface area contributed by atoms with Crippen LogP contribution in [-0.2, 0) is 10.0 Å². The largest absolute Gasteiger partial charge is 0.497 e. The summed E-state index contributed by atoms with van der Waals surface area (Å²) in [5.41, 5.74) is 0.979. The Hall–Kier alpha value is -1.56. The van der Waals surface area contributed by atoms with E-state index in [-0.39, 0.29) is 16.8 Å². The first-order chi connectivity index (χ1) is 10.5. The molecular formula is C16H18ClNO3S. The molecule has 0 fully saturated rings. The Labute approximate surface area is 136 Å². The number of nitrogens with one attached hydrogen (secondary N) is 1. The second kappa shape index (κ2) is 7.63. The van der Waals surface area contributed by atoms with Crippen LogP contribution >= 0.6 is 11.6 Å². The molecule has 1 unspecified atom stereocenters. The van der Waals surface area contributed by atoms with Crippen molar-refractivity contribution in [3.63, 3.8) is 0 Å². The second-order valence-corrected chi connectivity index (χ2v) is 7.03. The lowest BCUT2D eigenvalue weighted by molar-refractivity contribution is 0.414. The quantitative estimate of drug-likeness (QED) is 0.787. The molecule has 0 radical (unpaired) electrons. The van der Waals surface area contributed by atoms with Crippen LogP contribution in [0.15, 0.2) is 59.5 Å². The minimum atomic E-state index is -3.53. The minimum absolute atomic E-state index is 0.208. The number of rotatable bonds is 7. The Balaban J connectivity index is 1.92. The van der Waals surface area contributed by atoms with E-state index in [2.05, 4.69) is 4.72 Å². The number of hydrogen-bond donors (Lipinski definition) is 1. The van der Waals surface area contributed by atoms with Gasteiger partial charge in [0, 0.05) is 6.54 Å². The Kier molecular flexibility index (Phi) is 5.83. The van der Waals surface area contributed by atoms with E-state index < -0.39 is 10.0 Å². The van der Waals surface area contributed by atoms with Crippen molar-refractivity contribution >= 4 is 21.6 Å². The van der Waals surface area contributed by atoms with Gasteiger partial charge in [0.25, 0.3) is 0 Å². The molecule has 118 valence electrons. The second-order valence-electron chi connectivity index (χ2n) is 4.74. The molecule has 0 aromatic heterocycles. The van der Waals surface area contributed by atoms with E-state index in [4.69, 9.17) is 16.3 Å². The number of benzene rings is 2. The van der Waals surface area contributed by atoms with Gasteiger partial charge in [-0.3, -0.25) is 0 Å². The zero-order valence-corrected chi connectivity index (χ0v) is 13.8. The normalized spacial score (nSPS) is 12.8. The molecule has 0 spiro atoms. The van der Waals surface area contributed by atoms with Crippen molar-refractivity contribution in [2.75, 3.05) is 13.7 Å². The summed E-state index contributed by atoms with van der Waals surface area (Å²) < 4.78 is 31.9. The molecule has 0 saturated heterocycles. The molecule has 22 heavy (non-hydrogen) atoms. The zero-order chi connectivity index (χ0) is 16.0. The molecule has 6 heteroatoms. The lowest BCUT2D eigenvalue weighted by Crippen LogP contribution is -2.25. The number of halogens is 1. The van der Waals surface area contributed by atoms with Crippen LogP contribution in [0.3, 0.4) is 0 Å². The van der Waals surface area contributed by atoms with Gasteiger partial charge in [0.1, 0.15) is 5.75 Å². The van der Waals surface area contributed by atoms with Crippen LogP contribution in [0.5, 0.6) is 5.75 Å². The van der Waals surface area contributed by atoms with Crippen molar-refractivity contribution in [1.29, 1.82) is 0 Å². The van der Waals surface area contributed by atoms with Gasteiger partial charge in [0.15, 0.2) is 0 Å². The van der Waals surface area contributed by atoms with Gasteiger partial charge in [0.2, 0.25) is 10.0 Å². The lowest BCUT2D eigenvalue weighted by Gasteiger charge is -2.11. The topological polar surface area (TPSA) is 55.4 Å². The van der Waals surface area contributed by atoms with Crippen molar-refractivity contribution in [3.05, 3.63) is 60.2 Å². The number of alkyl halides is 1. The third kappa shape index (κ3) is 4.47. The molecule has 0 saturated carbocycles. The van der Waals surface area contributed by atoms with E-state index in [1.807, 2.05) is 30.3 Å². The summed E-state index contributed by atoms with van der Waals surface area (Å²) in [5, 5.41) is -0.222. The van der Waals surface area contributed by atoms with Crippen molar-refractivity contribution in [2.24, 2.45) is 0 Å². The maximum Gasteiger partial charge on any atom is 0.240 e. The average Bonchev–Trinajstić information content (AvgIpc) is 2.55. The molecule has 0 aliphatic heterocycles. The lowest BCUT2D eigenvalue weighted by atomic mass is 10.1. The van der Waals surface area contributed by atoms with Gasteiger partial charge in [-0.15, -0.1) is 11.6 Å². The summed E-state index contributed by atoms with van der Waals surface area (Å²) in [4.78, 5) is 0.208. The van der Waals surface area contributed by atoms with Crippen LogP contribution in [0, 0.1) is 0 Å². The summed E-state index contributed by atoms with van der Waals surface area (Å²) in [7, 11) is -1.99. The van der Waals surface area contributed by atoms with Crippen LogP contribution in [0.2, 0.25) is 0 Å². The third-order valence-electron chi connectivity index (χ3n) is 3.22. The highest BCUT2D eigenvalue weighted by Crippen LogP contribution is 2.23. The maximum absolute atomic E-state index is 12.2. The number of hydrogen-bond acceptors (Lipinski definition) is 3. The van der Waals surface area contributed by atoms with E-state index in [9.17, 15) is 8.42 Å². The van der Waals surface area contributed by atoms with Crippen LogP contribution in [-0.4, -0.2) is 22.1 Å². The van der Waals surface area contributed by atoms with Gasteiger partial charge in [-0.25, -0.2) is 13.1 Å². The smallest absolute Gasteiger partial charge is 0.240 e. The molecule has 1 atom stereocenters. The summed E-state index contributed by atoms with van der Waals surface area (Å²) in [6.07, 6.45) is 0.515. The van der Waals surface area contributed by atoms with Crippen molar-refractivity contribution in [2.45, 2.75) is 16.7 Å². The van der Waals surface area contributed by atoms with Gasteiger partial charge >= 0.3 is 0 Å². The molecule has 0 amide bonds. The first kappa shape index (κ1) is 16.8. The summed E-state index contributed by atoms with van der Waals surface area (Å²) >= 11 is 6.27. The molecule has 0 aliphatic rings. The van der Waals surface area contributed by atoms with E-state index in [1.54, 1.807) is 12.1 Å². The fourth-order valence-electron chi connectivity index (χ4n) is 1.99. The van der Waals surface area contributed by atoms with Crippen LogP contribution < -0.4 is 9.46 Å². The maximum atomic E-state index is 12.2. The third-order valence-corrected chi connectivity index (χ3v) is 5.17. The standard InChI is InChI=1S/C16H18ClNO3S/c1-21-14-7-9-15(10-8-14)22(19,20)18-12-11-16(17)13-5-3-2-4-6-13/h2-10,16,18H,11-12H2,1H3. The molecule has 2 aromatic carbocycles. The molecule has 2 aromatic rings. The van der Waals surface area contributed by atoms with Crippen molar-refractivity contribution in [1.82, 2.24) is 4.72 Å². The Morgan fingerprint density at radius 1 is 1.09 bits per heavy atom. The fraction of sp³-hybridized carbons (Fsp3) is 0.250. The first-order valence-electron chi connectivity index (χ1n) is 6.85. The summed E-state index contributed by atoms with van der Waals surface area (Å²) in [5.74, 6) is 0.615. The Morgan fingerprint density at radius 2 is 1.73 bits per heavy atom. The van der Waals surface area contributed by atoms with Gasteiger partial charge in [-0.2, -0.15) is 0 Å². The van der Waals surface area contributed by atoms with E-state index in [0.717, 1.165) is 5.56 Å². The number of sulfonamides is 1. The molecule has 1 N–H and O–H groups in total. The van der Waals surface area contributed by atoms with Gasteiger partial charge < -0.3 is 4.74 Å². The van der Waals surface area contributed by atoms with Gasteiger partial charge in [-0.05, 0) is 36.2 Å². The van der Waals surface area contributed by atoms with Crippen molar-refractivity contribution < 1.29 is 13.2 Å². The number of ether oxygens (including phenoxy) is 1. The molecule has 4 nitrogen and oxygen atoms in total. The number of methoxy groups -OCH3 is 1. The van der Waals surface area contributed by atoms with Gasteiger partial charge in [-0.1, -0.05) is 30.3 Å². The summed E-state index contributed by atoms with van der Waals surface area (Å²) in [6, 6.07) is 15.8. The minimum Gasteiger partial charge on any atom is -0.497 e. The predicted molar refractivity (Wildman–Crippen MR) is 87.8 cm³/mol. The highest BCUT2D eigenvalue weighted by atomic mass is 35.5. The SMILES string of the molecule is COc1ccc(S(=O)(=O)NCCC(Cl)c2ccccc2)cc1. The molecule has 0 heterocycles. The molecule has 0 aliphatic carbocycles. The van der Waals surface area contributed by atoms with Crippen molar-refractivity contribution in [3.8, 4) is 5.75 Å². The summed E-state index contributed by atoms with van der Waals surface area (Å²) in [6.45, 7) is 0.275. The van der Waals surface area contributed by atoms with Crippen LogP contribution in [0.1, 0.15) is 17.4 Å². The molecular weight excluding hydrogens is 322 g/mol. The molecule has 0 bridgehead atoms. The van der Waals surface area contributed by atoms with E-state index >= 15 is 0 Å².